The van der Waals surface area contributed by atoms with Gasteiger partial charge in [0.1, 0.15) is 0 Å². The lowest BCUT2D eigenvalue weighted by Gasteiger charge is -2.34. The van der Waals surface area contributed by atoms with Gasteiger partial charge in [0.25, 0.3) is 0 Å². The predicted octanol–water partition coefficient (Wildman–Crippen LogP) is 31.4. The summed E-state index contributed by atoms with van der Waals surface area (Å²) in [6.45, 7) is 18.7. The highest BCUT2D eigenvalue weighted by Gasteiger charge is 2.45. The molecule has 0 unspecified atom stereocenters. The van der Waals surface area contributed by atoms with Crippen molar-refractivity contribution < 1.29 is 0 Å². The van der Waals surface area contributed by atoms with Crippen LogP contribution in [-0.4, -0.2) is 0 Å². The molecular weight excluding hydrogens is 1360 g/mol. The lowest BCUT2D eigenvalue weighted by molar-refractivity contribution is 0.401. The highest BCUT2D eigenvalue weighted by Crippen LogP contribution is 2.58. The van der Waals surface area contributed by atoms with Crippen LogP contribution in [-0.2, 0) is 21.7 Å². The van der Waals surface area contributed by atoms with Crippen molar-refractivity contribution in [2.45, 2.75) is 205 Å². The monoisotopic (exact) mass is 1470 g/mol. The van der Waals surface area contributed by atoms with E-state index >= 15 is 0 Å². The van der Waals surface area contributed by atoms with Crippen LogP contribution < -0.4 is 10.2 Å². The van der Waals surface area contributed by atoms with Crippen molar-refractivity contribution in [3.8, 4) is 66.8 Å². The molecule has 0 aliphatic heterocycles. The van der Waals surface area contributed by atoms with Crippen LogP contribution in [0.2, 0.25) is 0 Å². The van der Waals surface area contributed by atoms with Crippen LogP contribution in [0, 0.1) is 0 Å². The standard InChI is InChI=1S/C52H55N.C27H23N.C25H33Br/c1-5-7-9-18-34-52(35-19-10-8-6-2)48-25-17-15-23-44(48)46-33-31-42(37-50(46)52)53(40-28-26-39(27-29-40)38-20-12-11-13-21-38)41-30-32-45-43-22-14-16-24-47(43)51(3,4)49(45)36-41;1-27(2)25-11-7-6-10-23(25)24-17-16-22(18-26(24)27)28-21-14-12-20(13-15-21)19-8-4-3-5-9-19;1-3-5-7-11-17-25(18-12-8-6-4-2)23-14-10-9-13-21(23)22-16-15-20(26)19-24(22)25/h11-17,20-33,36-37H,5-10,18-19,34-35H2,1-4H3;3-18,28H,1-2H3;9-10,13-16,19H,3-8,11-12,17-18H2,1-2H3. The molecule has 4 aliphatic carbocycles. The lowest BCUT2D eigenvalue weighted by atomic mass is 9.70. The van der Waals surface area contributed by atoms with Crippen LogP contribution >= 0.6 is 15.9 Å². The number of unbranched alkanes of at least 4 members (excludes halogenated alkanes) is 12. The summed E-state index contributed by atoms with van der Waals surface area (Å²) < 4.78 is 1.22. The molecule has 0 fully saturated rings. The highest BCUT2D eigenvalue weighted by atomic mass is 79.9. The zero-order chi connectivity index (χ0) is 74.0. The fourth-order valence-electron chi connectivity index (χ4n) is 18.8. The van der Waals surface area contributed by atoms with Gasteiger partial charge in [0.2, 0.25) is 0 Å². The van der Waals surface area contributed by atoms with Gasteiger partial charge in [0, 0.05) is 54.6 Å². The molecule has 0 saturated heterocycles. The number of hydrogen-bond acceptors (Lipinski definition) is 2. The van der Waals surface area contributed by atoms with Gasteiger partial charge in [-0.3, -0.25) is 0 Å². The Kier molecular flexibility index (Phi) is 23.3. The predicted molar refractivity (Wildman–Crippen MR) is 465 cm³/mol. The Bertz CT molecular complexity index is 4960. The Labute approximate surface area is 650 Å². The van der Waals surface area contributed by atoms with Gasteiger partial charge in [-0.15, -0.1) is 0 Å². The van der Waals surface area contributed by atoms with Gasteiger partial charge in [-0.1, -0.05) is 380 Å². The van der Waals surface area contributed by atoms with Gasteiger partial charge < -0.3 is 10.2 Å². The molecule has 0 aromatic heterocycles. The maximum absolute atomic E-state index is 3.75. The van der Waals surface area contributed by atoms with E-state index in [1.807, 2.05) is 6.07 Å². The van der Waals surface area contributed by atoms with Crippen molar-refractivity contribution in [1.29, 1.82) is 0 Å². The molecule has 12 aromatic carbocycles. The summed E-state index contributed by atoms with van der Waals surface area (Å²) in [7, 11) is 0. The molecule has 0 atom stereocenters. The third-order valence-corrected chi connectivity index (χ3v) is 25.0. The zero-order valence-corrected chi connectivity index (χ0v) is 66.6. The molecule has 0 radical (unpaired) electrons. The average molecular weight is 1470 g/mol. The van der Waals surface area contributed by atoms with E-state index in [1.54, 1.807) is 16.7 Å². The Balaban J connectivity index is 0.000000149. The summed E-state index contributed by atoms with van der Waals surface area (Å²) in [5, 5.41) is 3.58. The Hall–Kier alpha value is -9.28. The van der Waals surface area contributed by atoms with E-state index < -0.39 is 0 Å². The van der Waals surface area contributed by atoms with Crippen molar-refractivity contribution in [1.82, 2.24) is 0 Å². The summed E-state index contributed by atoms with van der Waals surface area (Å²) >= 11 is 3.75. The summed E-state index contributed by atoms with van der Waals surface area (Å²) in [6, 6.07) is 104. The van der Waals surface area contributed by atoms with Crippen molar-refractivity contribution in [2.75, 3.05) is 10.2 Å². The summed E-state index contributed by atoms with van der Waals surface area (Å²) in [4.78, 5) is 2.52. The van der Waals surface area contributed by atoms with E-state index in [0.29, 0.717) is 0 Å². The Morgan fingerprint density at radius 2 is 0.561 bits per heavy atom. The van der Waals surface area contributed by atoms with Gasteiger partial charge in [-0.25, -0.2) is 0 Å². The van der Waals surface area contributed by atoms with Gasteiger partial charge in [-0.05, 0) is 210 Å². The van der Waals surface area contributed by atoms with Crippen LogP contribution in [0.3, 0.4) is 0 Å². The molecule has 16 rings (SSSR count). The van der Waals surface area contributed by atoms with Crippen LogP contribution in [0.5, 0.6) is 0 Å². The van der Waals surface area contributed by atoms with Crippen LogP contribution in [0.1, 0.15) is 228 Å². The second kappa shape index (κ2) is 33.5. The van der Waals surface area contributed by atoms with E-state index in [2.05, 4.69) is 355 Å². The molecule has 107 heavy (non-hydrogen) atoms. The molecule has 544 valence electrons. The second-order valence-electron chi connectivity index (χ2n) is 32.1. The molecule has 0 heterocycles. The van der Waals surface area contributed by atoms with Gasteiger partial charge in [0.15, 0.2) is 0 Å². The first-order chi connectivity index (χ1) is 52.3. The normalized spacial score (nSPS) is 14.1. The number of nitrogens with zero attached hydrogens (tertiary/aromatic N) is 1. The number of rotatable bonds is 27. The minimum absolute atomic E-state index is 0.0286. The smallest absolute Gasteiger partial charge is 0.0465 e. The Morgan fingerprint density at radius 3 is 1.00 bits per heavy atom. The largest absolute Gasteiger partial charge is 0.356 e. The van der Waals surface area contributed by atoms with Crippen LogP contribution in [0.15, 0.2) is 284 Å². The van der Waals surface area contributed by atoms with Crippen LogP contribution in [0.25, 0.3) is 66.8 Å². The van der Waals surface area contributed by atoms with E-state index in [0.717, 1.165) is 11.4 Å². The average Bonchev–Trinajstić information content (AvgIpc) is 1.58. The van der Waals surface area contributed by atoms with Gasteiger partial charge in [0.05, 0.1) is 0 Å². The highest BCUT2D eigenvalue weighted by molar-refractivity contribution is 9.10. The van der Waals surface area contributed by atoms with Crippen molar-refractivity contribution >= 4 is 44.4 Å². The molecule has 2 nitrogen and oxygen atoms in total. The van der Waals surface area contributed by atoms with Gasteiger partial charge >= 0.3 is 0 Å². The lowest BCUT2D eigenvalue weighted by Crippen LogP contribution is -2.26. The number of benzene rings is 12. The van der Waals surface area contributed by atoms with Crippen molar-refractivity contribution in [3.05, 3.63) is 328 Å². The number of halogens is 1. The molecule has 0 amide bonds. The fraction of sp³-hybridized carbons (Fsp3) is 0.308. The minimum Gasteiger partial charge on any atom is -0.356 e. The first-order valence-electron chi connectivity index (χ1n) is 40.8. The quantitative estimate of drug-likeness (QED) is 0.0516. The number of nitrogens with one attached hydrogen (secondary N) is 1. The Morgan fingerprint density at radius 1 is 0.252 bits per heavy atom. The van der Waals surface area contributed by atoms with E-state index in [1.165, 1.54) is 245 Å². The van der Waals surface area contributed by atoms with Crippen LogP contribution in [0.4, 0.5) is 28.4 Å². The van der Waals surface area contributed by atoms with E-state index in [9.17, 15) is 0 Å². The summed E-state index contributed by atoms with van der Waals surface area (Å²) in [5.41, 5.74) is 34.1. The topological polar surface area (TPSA) is 15.3 Å². The van der Waals surface area contributed by atoms with E-state index in [4.69, 9.17) is 0 Å². The molecule has 4 aliphatic rings. The molecule has 0 bridgehead atoms. The summed E-state index contributed by atoms with van der Waals surface area (Å²) in [6.07, 6.45) is 26.0. The molecule has 0 saturated carbocycles. The molecule has 12 aromatic rings. The number of hydrogen-bond donors (Lipinski definition) is 1. The SMILES string of the molecule is CC1(C)c2ccccc2-c2ccc(Nc3ccc(-c4ccccc4)cc3)cc21.CCCCCCC1(CCCCCC)c2ccccc2-c2ccc(Br)cc21.CCCCCCC1(CCCCCC)c2ccccc2-c2ccc(N(c3ccc(-c4ccccc4)cc3)c3ccc4c(c3)C(C)(C)c3ccccc3-4)cc21. The number of anilines is 5. The number of fused-ring (bicyclic) bond motifs is 12. The molecule has 1 N–H and O–H groups in total. The first-order valence-corrected chi connectivity index (χ1v) is 41.6. The second-order valence-corrected chi connectivity index (χ2v) is 33.0. The first kappa shape index (κ1) is 74.6. The van der Waals surface area contributed by atoms with Crippen molar-refractivity contribution in [2.24, 2.45) is 0 Å². The van der Waals surface area contributed by atoms with Crippen molar-refractivity contribution in [3.63, 3.8) is 0 Å². The molecule has 3 heteroatoms. The zero-order valence-electron chi connectivity index (χ0n) is 65.0. The third-order valence-electron chi connectivity index (χ3n) is 24.5. The van der Waals surface area contributed by atoms with E-state index in [-0.39, 0.29) is 21.7 Å². The minimum atomic E-state index is -0.0729. The van der Waals surface area contributed by atoms with Gasteiger partial charge in [-0.2, -0.15) is 0 Å². The third kappa shape index (κ3) is 15.2. The molecule has 0 spiro atoms. The summed E-state index contributed by atoms with van der Waals surface area (Å²) in [5.74, 6) is 0. The maximum Gasteiger partial charge on any atom is 0.0465 e. The molecular formula is C104H111BrN2. The maximum atomic E-state index is 3.75. The fourth-order valence-corrected chi connectivity index (χ4v) is 19.2.